The first kappa shape index (κ1) is 21.4. The van der Waals surface area contributed by atoms with Crippen molar-refractivity contribution in [1.29, 1.82) is 0 Å². The fourth-order valence-electron chi connectivity index (χ4n) is 4.04. The Labute approximate surface area is 184 Å². The smallest absolute Gasteiger partial charge is 0.197 e. The van der Waals surface area contributed by atoms with Gasteiger partial charge in [0.15, 0.2) is 6.29 Å². The van der Waals surface area contributed by atoms with Gasteiger partial charge in [-0.05, 0) is 71.1 Å². The largest absolute Gasteiger partial charge is 0.465 e. The molecule has 4 rings (SSSR count). The van der Waals surface area contributed by atoms with Crippen LogP contribution in [0.15, 0.2) is 78.9 Å². The van der Waals surface area contributed by atoms with Gasteiger partial charge in [-0.15, -0.1) is 0 Å². The van der Waals surface area contributed by atoms with Crippen LogP contribution < -0.4 is 4.74 Å². The Balaban J connectivity index is 1.37. The molecule has 0 N–H and O–H groups in total. The highest BCUT2D eigenvalue weighted by Gasteiger charge is 2.15. The Kier molecular flexibility index (Phi) is 6.86. The first-order valence-corrected chi connectivity index (χ1v) is 11.0. The first-order chi connectivity index (χ1) is 15.2. The Bertz CT molecular complexity index is 1080. The Morgan fingerprint density at radius 1 is 0.710 bits per heavy atom. The minimum absolute atomic E-state index is 0.0441. The maximum absolute atomic E-state index is 6.19. The van der Waals surface area contributed by atoms with E-state index < -0.39 is 0 Å². The van der Waals surface area contributed by atoms with Gasteiger partial charge in [0.25, 0.3) is 0 Å². The normalized spacial score (nSPS) is 13.4. The lowest BCUT2D eigenvalue weighted by atomic mass is 9.94. The van der Waals surface area contributed by atoms with Crippen LogP contribution in [0.4, 0.5) is 0 Å². The number of fused-ring (bicyclic) bond motifs is 2. The third-order valence-corrected chi connectivity index (χ3v) is 5.66. The zero-order chi connectivity index (χ0) is 21.6. The fourth-order valence-corrected chi connectivity index (χ4v) is 4.04. The molecular formula is C28H30O3. The summed E-state index contributed by atoms with van der Waals surface area (Å²) in [6.45, 7) is 7.14. The lowest BCUT2D eigenvalue weighted by Gasteiger charge is -2.20. The molecule has 4 aromatic rings. The average Bonchev–Trinajstić information content (AvgIpc) is 2.80. The van der Waals surface area contributed by atoms with Crippen molar-refractivity contribution in [3.8, 4) is 5.75 Å². The third kappa shape index (κ3) is 5.07. The quantitative estimate of drug-likeness (QED) is 0.166. The van der Waals surface area contributed by atoms with E-state index in [4.69, 9.17) is 14.2 Å². The molecule has 0 radical (unpaired) electrons. The van der Waals surface area contributed by atoms with E-state index in [0.29, 0.717) is 13.2 Å². The topological polar surface area (TPSA) is 27.7 Å². The van der Waals surface area contributed by atoms with Crippen LogP contribution in [0.25, 0.3) is 21.5 Å². The molecule has 3 nitrogen and oxygen atoms in total. The van der Waals surface area contributed by atoms with Crippen LogP contribution in [-0.2, 0) is 15.9 Å². The van der Waals surface area contributed by atoms with Crippen LogP contribution in [0.5, 0.6) is 5.75 Å². The second-order valence-corrected chi connectivity index (χ2v) is 7.80. The number of hydrogen-bond donors (Lipinski definition) is 0. The Morgan fingerprint density at radius 2 is 1.29 bits per heavy atom. The number of aryl methyl sites for hydroxylation is 1. The van der Waals surface area contributed by atoms with Gasteiger partial charge in [0.2, 0.25) is 0 Å². The number of rotatable bonds is 9. The molecule has 0 aliphatic rings. The molecule has 4 aromatic carbocycles. The molecule has 0 saturated carbocycles. The standard InChI is InChI=1S/C28H30O3/c1-4-22-13-15-25(16-14-22)31-21(3)30-18-17-29-20(2)28-26-11-7-5-9-23(26)19-24-10-6-8-12-27(24)28/h5-16,19-21H,4,17-18H2,1-3H3. The number of ether oxygens (including phenoxy) is 3. The summed E-state index contributed by atoms with van der Waals surface area (Å²) in [5.74, 6) is 0.821. The summed E-state index contributed by atoms with van der Waals surface area (Å²) in [5, 5.41) is 4.95. The molecule has 0 heterocycles. The molecule has 2 atom stereocenters. The molecule has 0 aliphatic heterocycles. The predicted molar refractivity (Wildman–Crippen MR) is 128 cm³/mol. The van der Waals surface area contributed by atoms with Gasteiger partial charge in [-0.3, -0.25) is 0 Å². The average molecular weight is 415 g/mol. The predicted octanol–water partition coefficient (Wildman–Crippen LogP) is 7.07. The van der Waals surface area contributed by atoms with E-state index in [0.717, 1.165) is 12.2 Å². The zero-order valence-corrected chi connectivity index (χ0v) is 18.5. The van der Waals surface area contributed by atoms with Crippen molar-refractivity contribution in [3.05, 3.63) is 90.0 Å². The molecule has 0 saturated heterocycles. The van der Waals surface area contributed by atoms with Crippen molar-refractivity contribution in [2.45, 2.75) is 39.6 Å². The number of hydrogen-bond acceptors (Lipinski definition) is 3. The molecule has 0 aromatic heterocycles. The molecule has 0 spiro atoms. The van der Waals surface area contributed by atoms with Gasteiger partial charge < -0.3 is 14.2 Å². The second-order valence-electron chi connectivity index (χ2n) is 7.80. The van der Waals surface area contributed by atoms with Gasteiger partial charge in [0.05, 0.1) is 19.3 Å². The molecular weight excluding hydrogens is 384 g/mol. The summed E-state index contributed by atoms with van der Waals surface area (Å²) in [7, 11) is 0. The lowest BCUT2D eigenvalue weighted by molar-refractivity contribution is -0.0901. The van der Waals surface area contributed by atoms with E-state index >= 15 is 0 Å². The Morgan fingerprint density at radius 3 is 1.90 bits per heavy atom. The van der Waals surface area contributed by atoms with Crippen molar-refractivity contribution < 1.29 is 14.2 Å². The maximum Gasteiger partial charge on any atom is 0.197 e. The van der Waals surface area contributed by atoms with Crippen LogP contribution in [0.3, 0.4) is 0 Å². The van der Waals surface area contributed by atoms with Crippen LogP contribution in [0.2, 0.25) is 0 Å². The lowest BCUT2D eigenvalue weighted by Crippen LogP contribution is -2.19. The highest BCUT2D eigenvalue weighted by atomic mass is 16.7. The first-order valence-electron chi connectivity index (χ1n) is 11.0. The Hall–Kier alpha value is -2.88. The van der Waals surface area contributed by atoms with Gasteiger partial charge >= 0.3 is 0 Å². The molecule has 3 heteroatoms. The fraction of sp³-hybridized carbons (Fsp3) is 0.286. The van der Waals surface area contributed by atoms with Crippen molar-refractivity contribution in [1.82, 2.24) is 0 Å². The highest BCUT2D eigenvalue weighted by Crippen LogP contribution is 2.34. The van der Waals surface area contributed by atoms with Crippen molar-refractivity contribution >= 4 is 21.5 Å². The summed E-state index contributed by atoms with van der Waals surface area (Å²) in [4.78, 5) is 0. The summed E-state index contributed by atoms with van der Waals surface area (Å²) < 4.78 is 17.9. The van der Waals surface area contributed by atoms with Gasteiger partial charge in [-0.2, -0.15) is 0 Å². The van der Waals surface area contributed by atoms with Crippen molar-refractivity contribution in [2.24, 2.45) is 0 Å². The van der Waals surface area contributed by atoms with E-state index in [9.17, 15) is 0 Å². The van der Waals surface area contributed by atoms with Crippen molar-refractivity contribution in [2.75, 3.05) is 13.2 Å². The SMILES string of the molecule is CCc1ccc(OC(C)OCCOC(C)c2c3ccccc3cc3ccccc23)cc1. The van der Waals surface area contributed by atoms with E-state index in [1.807, 2.05) is 19.1 Å². The van der Waals surface area contributed by atoms with Crippen LogP contribution >= 0.6 is 0 Å². The van der Waals surface area contributed by atoms with Gasteiger partial charge in [-0.1, -0.05) is 67.6 Å². The van der Waals surface area contributed by atoms with E-state index in [1.165, 1.54) is 32.7 Å². The molecule has 0 bridgehead atoms. The molecule has 0 fully saturated rings. The monoisotopic (exact) mass is 414 g/mol. The zero-order valence-electron chi connectivity index (χ0n) is 18.5. The van der Waals surface area contributed by atoms with Gasteiger partial charge in [-0.25, -0.2) is 0 Å². The van der Waals surface area contributed by atoms with Gasteiger partial charge in [0, 0.05) is 0 Å². The summed E-state index contributed by atoms with van der Waals surface area (Å²) in [6.07, 6.45) is 0.649. The summed E-state index contributed by atoms with van der Waals surface area (Å²) >= 11 is 0. The maximum atomic E-state index is 6.19. The number of benzene rings is 4. The third-order valence-electron chi connectivity index (χ3n) is 5.66. The molecule has 31 heavy (non-hydrogen) atoms. The van der Waals surface area contributed by atoms with E-state index in [2.05, 4.69) is 80.6 Å². The van der Waals surface area contributed by atoms with Gasteiger partial charge in [0.1, 0.15) is 5.75 Å². The molecule has 160 valence electrons. The molecule has 0 aliphatic carbocycles. The van der Waals surface area contributed by atoms with Crippen molar-refractivity contribution in [3.63, 3.8) is 0 Å². The highest BCUT2D eigenvalue weighted by molar-refractivity contribution is 6.02. The molecule has 0 amide bonds. The van der Waals surface area contributed by atoms with Crippen LogP contribution in [0.1, 0.15) is 38.0 Å². The summed E-state index contributed by atoms with van der Waals surface area (Å²) in [5.41, 5.74) is 2.53. The van der Waals surface area contributed by atoms with E-state index in [-0.39, 0.29) is 12.4 Å². The van der Waals surface area contributed by atoms with E-state index in [1.54, 1.807) is 0 Å². The minimum Gasteiger partial charge on any atom is -0.465 e. The van der Waals surface area contributed by atoms with Crippen LogP contribution in [0, 0.1) is 0 Å². The van der Waals surface area contributed by atoms with Crippen LogP contribution in [-0.4, -0.2) is 19.5 Å². The molecule has 2 unspecified atom stereocenters. The second kappa shape index (κ2) is 9.95. The summed E-state index contributed by atoms with van der Waals surface area (Å²) in [6, 6.07) is 27.4. The minimum atomic E-state index is -0.329.